The summed E-state index contributed by atoms with van der Waals surface area (Å²) in [4.78, 5) is 8.46. The summed E-state index contributed by atoms with van der Waals surface area (Å²) in [6.07, 6.45) is 3.36. The number of likely N-dealkylation sites (tertiary alicyclic amines) is 1. The Labute approximate surface area is 190 Å². The minimum absolute atomic E-state index is 0.111. The molecule has 7 heteroatoms. The van der Waals surface area contributed by atoms with Gasteiger partial charge < -0.3 is 5.11 Å². The molecular weight excluding hydrogens is 428 g/mol. The second-order valence-electron chi connectivity index (χ2n) is 8.24. The lowest BCUT2D eigenvalue weighted by molar-refractivity contribution is 0.151. The predicted molar refractivity (Wildman–Crippen MR) is 125 cm³/mol. The van der Waals surface area contributed by atoms with E-state index >= 15 is 0 Å². The van der Waals surface area contributed by atoms with E-state index in [1.165, 1.54) is 16.9 Å². The van der Waals surface area contributed by atoms with Gasteiger partial charge in [0, 0.05) is 5.02 Å². The Morgan fingerprint density at radius 2 is 1.81 bits per heavy atom. The van der Waals surface area contributed by atoms with Gasteiger partial charge in [-0.2, -0.15) is 4.52 Å². The van der Waals surface area contributed by atoms with Crippen molar-refractivity contribution in [3.05, 3.63) is 81.4 Å². The number of hydrogen-bond donors (Lipinski definition) is 1. The third-order valence-electron chi connectivity index (χ3n) is 6.14. The molecule has 1 aliphatic rings. The van der Waals surface area contributed by atoms with E-state index in [4.69, 9.17) is 11.6 Å². The predicted octanol–water partition coefficient (Wildman–Crippen LogP) is 5.50. The smallest absolute Gasteiger partial charge is 0.230 e. The van der Waals surface area contributed by atoms with Gasteiger partial charge in [0.25, 0.3) is 0 Å². The van der Waals surface area contributed by atoms with Gasteiger partial charge in [0.05, 0.1) is 10.9 Å². The van der Waals surface area contributed by atoms with E-state index in [0.29, 0.717) is 21.7 Å². The zero-order chi connectivity index (χ0) is 21.4. The van der Waals surface area contributed by atoms with Gasteiger partial charge in [-0.05, 0) is 62.4 Å². The number of aromatic nitrogens is 3. The van der Waals surface area contributed by atoms with Crippen LogP contribution in [0.4, 0.5) is 0 Å². The minimum Gasteiger partial charge on any atom is -0.492 e. The van der Waals surface area contributed by atoms with E-state index in [-0.39, 0.29) is 11.9 Å². The van der Waals surface area contributed by atoms with Crippen LogP contribution < -0.4 is 0 Å². The van der Waals surface area contributed by atoms with Crippen LogP contribution in [-0.2, 0) is 6.42 Å². The van der Waals surface area contributed by atoms with Crippen molar-refractivity contribution in [3.8, 4) is 5.88 Å². The summed E-state index contributed by atoms with van der Waals surface area (Å²) in [5.41, 5.74) is 2.42. The first-order valence-corrected chi connectivity index (χ1v) is 11.9. The standard InChI is InChI=1S/C24H25ClN4OS/c1-16-26-24-29(27-16)23(30)22(31-24)21(19-9-5-6-10-20(19)25)28-13-11-18(12-14-28)15-17-7-3-2-4-8-17/h2-10,18,21,30H,11-15H2,1H3/t21-/m1/s1. The van der Waals surface area contributed by atoms with E-state index in [1.807, 2.05) is 25.1 Å². The molecule has 3 heterocycles. The molecule has 0 radical (unpaired) electrons. The average Bonchev–Trinajstić information content (AvgIpc) is 3.29. The molecule has 5 rings (SSSR count). The summed E-state index contributed by atoms with van der Waals surface area (Å²) in [6, 6.07) is 18.6. The van der Waals surface area contributed by atoms with E-state index in [9.17, 15) is 5.11 Å². The Kier molecular flexibility index (Phi) is 5.69. The molecule has 1 aliphatic heterocycles. The lowest BCUT2D eigenvalue weighted by atomic mass is 9.89. The van der Waals surface area contributed by atoms with Crippen molar-refractivity contribution < 1.29 is 5.11 Å². The number of rotatable bonds is 5. The minimum atomic E-state index is -0.111. The van der Waals surface area contributed by atoms with Crippen molar-refractivity contribution in [1.82, 2.24) is 19.5 Å². The molecule has 0 bridgehead atoms. The maximum absolute atomic E-state index is 11.0. The number of aromatic hydroxyl groups is 1. The number of nitrogens with zero attached hydrogens (tertiary/aromatic N) is 4. The zero-order valence-corrected chi connectivity index (χ0v) is 19.0. The molecule has 1 fully saturated rings. The molecule has 0 unspecified atom stereocenters. The van der Waals surface area contributed by atoms with Gasteiger partial charge in [-0.25, -0.2) is 4.98 Å². The number of fused-ring (bicyclic) bond motifs is 1. The van der Waals surface area contributed by atoms with Gasteiger partial charge in [-0.1, -0.05) is 71.5 Å². The van der Waals surface area contributed by atoms with E-state index < -0.39 is 0 Å². The highest BCUT2D eigenvalue weighted by atomic mass is 35.5. The summed E-state index contributed by atoms with van der Waals surface area (Å²) >= 11 is 8.13. The van der Waals surface area contributed by atoms with Crippen LogP contribution in [0.15, 0.2) is 54.6 Å². The third-order valence-corrected chi connectivity index (χ3v) is 7.55. The first-order valence-electron chi connectivity index (χ1n) is 10.7. The molecule has 0 saturated carbocycles. The van der Waals surface area contributed by atoms with Gasteiger partial charge in [-0.15, -0.1) is 5.10 Å². The van der Waals surface area contributed by atoms with Crippen LogP contribution in [0.2, 0.25) is 5.02 Å². The third kappa shape index (κ3) is 4.07. The normalized spacial score (nSPS) is 16.7. The molecule has 1 saturated heterocycles. The lowest BCUT2D eigenvalue weighted by Gasteiger charge is -2.37. The fourth-order valence-corrected chi connectivity index (χ4v) is 5.98. The molecule has 2 aromatic carbocycles. The summed E-state index contributed by atoms with van der Waals surface area (Å²) in [5, 5.41) is 16.1. The van der Waals surface area contributed by atoms with E-state index in [2.05, 4.69) is 51.4 Å². The maximum atomic E-state index is 11.0. The lowest BCUT2D eigenvalue weighted by Crippen LogP contribution is -2.37. The molecule has 160 valence electrons. The number of piperidine rings is 1. The Balaban J connectivity index is 1.44. The van der Waals surface area contributed by atoms with Crippen LogP contribution in [0.5, 0.6) is 5.88 Å². The SMILES string of the molecule is Cc1nc2sc([C@@H](c3ccccc3Cl)N3CCC(Cc4ccccc4)CC3)c(O)n2n1. The Morgan fingerprint density at radius 1 is 1.10 bits per heavy atom. The highest BCUT2D eigenvalue weighted by Gasteiger charge is 2.33. The summed E-state index contributed by atoms with van der Waals surface area (Å²) in [6.45, 7) is 3.75. The highest BCUT2D eigenvalue weighted by Crippen LogP contribution is 2.43. The van der Waals surface area contributed by atoms with Crippen molar-refractivity contribution in [2.75, 3.05) is 13.1 Å². The van der Waals surface area contributed by atoms with Crippen molar-refractivity contribution >= 4 is 27.9 Å². The van der Waals surface area contributed by atoms with Crippen LogP contribution in [0.25, 0.3) is 4.96 Å². The van der Waals surface area contributed by atoms with Gasteiger partial charge >= 0.3 is 0 Å². The molecule has 5 nitrogen and oxygen atoms in total. The molecule has 31 heavy (non-hydrogen) atoms. The molecule has 4 aromatic rings. The summed E-state index contributed by atoms with van der Waals surface area (Å²) < 4.78 is 1.54. The second kappa shape index (κ2) is 8.61. The molecule has 0 spiro atoms. The van der Waals surface area contributed by atoms with Crippen LogP contribution in [0.1, 0.15) is 40.7 Å². The van der Waals surface area contributed by atoms with Gasteiger partial charge in [-0.3, -0.25) is 4.90 Å². The van der Waals surface area contributed by atoms with E-state index in [0.717, 1.165) is 42.8 Å². The van der Waals surface area contributed by atoms with Crippen LogP contribution in [-0.4, -0.2) is 37.7 Å². The summed E-state index contributed by atoms with van der Waals surface area (Å²) in [7, 11) is 0. The zero-order valence-electron chi connectivity index (χ0n) is 17.4. The molecule has 0 aliphatic carbocycles. The average molecular weight is 453 g/mol. The summed E-state index contributed by atoms with van der Waals surface area (Å²) in [5.74, 6) is 1.49. The van der Waals surface area contributed by atoms with Crippen molar-refractivity contribution in [3.63, 3.8) is 0 Å². The molecular formula is C24H25ClN4OS. The van der Waals surface area contributed by atoms with Crippen molar-refractivity contribution in [2.24, 2.45) is 5.92 Å². The van der Waals surface area contributed by atoms with Crippen molar-refractivity contribution in [1.29, 1.82) is 0 Å². The Hall–Kier alpha value is -2.41. The second-order valence-corrected chi connectivity index (χ2v) is 9.65. The maximum Gasteiger partial charge on any atom is 0.230 e. The molecule has 1 N–H and O–H groups in total. The molecule has 2 aromatic heterocycles. The van der Waals surface area contributed by atoms with Crippen LogP contribution in [0, 0.1) is 12.8 Å². The molecule has 0 amide bonds. The van der Waals surface area contributed by atoms with Crippen LogP contribution >= 0.6 is 22.9 Å². The first-order chi connectivity index (χ1) is 15.1. The van der Waals surface area contributed by atoms with Gasteiger partial charge in [0.1, 0.15) is 5.82 Å². The molecule has 1 atom stereocenters. The number of thiazole rings is 1. The number of aryl methyl sites for hydroxylation is 1. The topological polar surface area (TPSA) is 53.7 Å². The number of halogens is 1. The number of hydrogen-bond acceptors (Lipinski definition) is 5. The first kappa shape index (κ1) is 20.5. The van der Waals surface area contributed by atoms with Gasteiger partial charge in [0.15, 0.2) is 0 Å². The van der Waals surface area contributed by atoms with Gasteiger partial charge in [0.2, 0.25) is 10.8 Å². The fourth-order valence-electron chi connectivity index (χ4n) is 4.59. The highest BCUT2D eigenvalue weighted by molar-refractivity contribution is 7.17. The van der Waals surface area contributed by atoms with E-state index in [1.54, 1.807) is 4.52 Å². The Morgan fingerprint density at radius 3 is 2.52 bits per heavy atom. The fraction of sp³-hybridized carbons (Fsp3) is 0.333. The Bertz CT molecular complexity index is 1180. The number of benzene rings is 2. The monoisotopic (exact) mass is 452 g/mol. The van der Waals surface area contributed by atoms with Crippen molar-refractivity contribution in [2.45, 2.75) is 32.2 Å². The quantitative estimate of drug-likeness (QED) is 0.434. The van der Waals surface area contributed by atoms with Crippen LogP contribution in [0.3, 0.4) is 0 Å². The largest absolute Gasteiger partial charge is 0.492 e.